The number of aromatic carboxylic acids is 1. The SMILES string of the molecule is O=C(O)c1ccc(OCCSc2ccccc2)cc1. The zero-order valence-corrected chi connectivity index (χ0v) is 11.1. The largest absolute Gasteiger partial charge is 0.493 e. The molecule has 0 saturated carbocycles. The summed E-state index contributed by atoms with van der Waals surface area (Å²) in [5.74, 6) is 0.620. The molecule has 2 rings (SSSR count). The zero-order chi connectivity index (χ0) is 13.5. The number of ether oxygens (including phenoxy) is 1. The molecule has 3 nitrogen and oxygen atoms in total. The summed E-state index contributed by atoms with van der Waals surface area (Å²) in [7, 11) is 0. The first-order valence-electron chi connectivity index (χ1n) is 5.90. The van der Waals surface area contributed by atoms with E-state index in [0.717, 1.165) is 5.75 Å². The van der Waals surface area contributed by atoms with Gasteiger partial charge in [0.2, 0.25) is 0 Å². The van der Waals surface area contributed by atoms with Crippen LogP contribution in [0.25, 0.3) is 0 Å². The molecule has 0 spiro atoms. The van der Waals surface area contributed by atoms with Crippen LogP contribution in [0.4, 0.5) is 0 Å². The number of thioether (sulfide) groups is 1. The second kappa shape index (κ2) is 6.85. The van der Waals surface area contributed by atoms with Crippen LogP contribution in [0.5, 0.6) is 5.75 Å². The van der Waals surface area contributed by atoms with E-state index >= 15 is 0 Å². The van der Waals surface area contributed by atoms with Crippen molar-refractivity contribution in [1.82, 2.24) is 0 Å². The minimum absolute atomic E-state index is 0.269. The van der Waals surface area contributed by atoms with E-state index in [0.29, 0.717) is 12.4 Å². The molecule has 4 heteroatoms. The Morgan fingerprint density at radius 3 is 2.37 bits per heavy atom. The number of benzene rings is 2. The first kappa shape index (κ1) is 13.5. The highest BCUT2D eigenvalue weighted by Gasteiger charge is 2.02. The van der Waals surface area contributed by atoms with Crippen LogP contribution in [0, 0.1) is 0 Å². The normalized spacial score (nSPS) is 10.1. The highest BCUT2D eigenvalue weighted by molar-refractivity contribution is 7.99. The van der Waals surface area contributed by atoms with Crippen molar-refractivity contribution in [2.75, 3.05) is 12.4 Å². The van der Waals surface area contributed by atoms with Gasteiger partial charge in [0.25, 0.3) is 0 Å². The maximum atomic E-state index is 10.7. The van der Waals surface area contributed by atoms with E-state index in [1.165, 1.54) is 4.90 Å². The molecule has 0 atom stereocenters. The van der Waals surface area contributed by atoms with Crippen LogP contribution in [0.15, 0.2) is 59.5 Å². The van der Waals surface area contributed by atoms with Gasteiger partial charge in [-0.1, -0.05) is 18.2 Å². The molecule has 98 valence electrons. The zero-order valence-electron chi connectivity index (χ0n) is 10.3. The fraction of sp³-hybridized carbons (Fsp3) is 0.133. The van der Waals surface area contributed by atoms with Crippen LogP contribution in [0.1, 0.15) is 10.4 Å². The third-order valence-electron chi connectivity index (χ3n) is 2.47. The Hall–Kier alpha value is -1.94. The van der Waals surface area contributed by atoms with Crippen molar-refractivity contribution in [3.05, 3.63) is 60.2 Å². The van der Waals surface area contributed by atoms with Gasteiger partial charge in [-0.25, -0.2) is 4.79 Å². The molecule has 0 unspecified atom stereocenters. The summed E-state index contributed by atoms with van der Waals surface area (Å²) in [5, 5.41) is 8.77. The van der Waals surface area contributed by atoms with Gasteiger partial charge in [-0.2, -0.15) is 0 Å². The van der Waals surface area contributed by atoms with Crippen molar-refractivity contribution in [2.24, 2.45) is 0 Å². The molecule has 0 saturated heterocycles. The maximum absolute atomic E-state index is 10.7. The summed E-state index contributed by atoms with van der Waals surface area (Å²) in [6, 6.07) is 16.6. The Morgan fingerprint density at radius 1 is 1.05 bits per heavy atom. The molecular weight excluding hydrogens is 260 g/mol. The third-order valence-corrected chi connectivity index (χ3v) is 3.44. The first-order valence-corrected chi connectivity index (χ1v) is 6.88. The van der Waals surface area contributed by atoms with Crippen molar-refractivity contribution >= 4 is 17.7 Å². The van der Waals surface area contributed by atoms with Crippen LogP contribution in [0.2, 0.25) is 0 Å². The molecule has 1 N–H and O–H groups in total. The van der Waals surface area contributed by atoms with Gasteiger partial charge in [0, 0.05) is 10.6 Å². The highest BCUT2D eigenvalue weighted by Crippen LogP contribution is 2.17. The van der Waals surface area contributed by atoms with E-state index in [4.69, 9.17) is 9.84 Å². The van der Waals surface area contributed by atoms with E-state index < -0.39 is 5.97 Å². The van der Waals surface area contributed by atoms with Gasteiger partial charge in [0.15, 0.2) is 0 Å². The number of carbonyl (C=O) groups is 1. The van der Waals surface area contributed by atoms with E-state index in [1.54, 1.807) is 36.0 Å². The van der Waals surface area contributed by atoms with Crippen molar-refractivity contribution in [2.45, 2.75) is 4.90 Å². The molecule has 0 aliphatic rings. The quantitative estimate of drug-likeness (QED) is 0.646. The molecule has 0 aliphatic carbocycles. The van der Waals surface area contributed by atoms with E-state index in [9.17, 15) is 4.79 Å². The van der Waals surface area contributed by atoms with Gasteiger partial charge in [-0.15, -0.1) is 11.8 Å². The van der Waals surface area contributed by atoms with E-state index in [2.05, 4.69) is 12.1 Å². The molecule has 0 radical (unpaired) electrons. The predicted octanol–water partition coefficient (Wildman–Crippen LogP) is 3.56. The Kier molecular flexibility index (Phi) is 4.86. The number of carboxylic acid groups (broad SMARTS) is 1. The average Bonchev–Trinajstić information content (AvgIpc) is 2.45. The minimum Gasteiger partial charge on any atom is -0.493 e. The highest BCUT2D eigenvalue weighted by atomic mass is 32.2. The van der Waals surface area contributed by atoms with Crippen molar-refractivity contribution in [3.8, 4) is 5.75 Å². The number of rotatable bonds is 6. The fourth-order valence-corrected chi connectivity index (χ4v) is 2.28. The molecular formula is C15H14O3S. The Morgan fingerprint density at radius 2 is 1.74 bits per heavy atom. The van der Waals surface area contributed by atoms with Gasteiger partial charge in [-0.3, -0.25) is 0 Å². The van der Waals surface area contributed by atoms with Crippen molar-refractivity contribution in [3.63, 3.8) is 0 Å². The maximum Gasteiger partial charge on any atom is 0.335 e. The number of hydrogen-bond acceptors (Lipinski definition) is 3. The lowest BCUT2D eigenvalue weighted by atomic mass is 10.2. The Bertz CT molecular complexity index is 523. The molecule has 0 heterocycles. The van der Waals surface area contributed by atoms with Gasteiger partial charge >= 0.3 is 5.97 Å². The lowest BCUT2D eigenvalue weighted by Gasteiger charge is -2.06. The molecule has 2 aromatic carbocycles. The Balaban J connectivity index is 1.75. The van der Waals surface area contributed by atoms with Gasteiger partial charge in [-0.05, 0) is 36.4 Å². The fourth-order valence-electron chi connectivity index (χ4n) is 1.53. The monoisotopic (exact) mass is 274 g/mol. The van der Waals surface area contributed by atoms with Gasteiger partial charge in [0.05, 0.1) is 12.2 Å². The second-order valence-corrected chi connectivity index (χ2v) is 5.01. The minimum atomic E-state index is -0.925. The molecule has 0 aromatic heterocycles. The summed E-state index contributed by atoms with van der Waals surface area (Å²) in [4.78, 5) is 11.9. The lowest BCUT2D eigenvalue weighted by molar-refractivity contribution is 0.0697. The van der Waals surface area contributed by atoms with Crippen LogP contribution < -0.4 is 4.74 Å². The smallest absolute Gasteiger partial charge is 0.335 e. The van der Waals surface area contributed by atoms with E-state index in [1.807, 2.05) is 18.2 Å². The van der Waals surface area contributed by atoms with Crippen LogP contribution in [-0.4, -0.2) is 23.4 Å². The van der Waals surface area contributed by atoms with Gasteiger partial charge < -0.3 is 9.84 Å². The standard InChI is InChI=1S/C15H14O3S/c16-15(17)12-6-8-13(9-7-12)18-10-11-19-14-4-2-1-3-5-14/h1-9H,10-11H2,(H,16,17). The summed E-state index contributed by atoms with van der Waals surface area (Å²) >= 11 is 1.73. The lowest BCUT2D eigenvalue weighted by Crippen LogP contribution is -2.01. The summed E-state index contributed by atoms with van der Waals surface area (Å²) in [6.07, 6.45) is 0. The summed E-state index contributed by atoms with van der Waals surface area (Å²) in [6.45, 7) is 0.589. The van der Waals surface area contributed by atoms with Crippen molar-refractivity contribution < 1.29 is 14.6 Å². The molecule has 0 aliphatic heterocycles. The van der Waals surface area contributed by atoms with Crippen LogP contribution in [0.3, 0.4) is 0 Å². The molecule has 0 fully saturated rings. The van der Waals surface area contributed by atoms with Gasteiger partial charge in [0.1, 0.15) is 5.75 Å². The molecule has 0 bridgehead atoms. The first-order chi connectivity index (χ1) is 9.25. The topological polar surface area (TPSA) is 46.5 Å². The summed E-state index contributed by atoms with van der Waals surface area (Å²) in [5.41, 5.74) is 0.269. The number of carboxylic acids is 1. The van der Waals surface area contributed by atoms with Crippen molar-refractivity contribution in [1.29, 1.82) is 0 Å². The van der Waals surface area contributed by atoms with Crippen LogP contribution >= 0.6 is 11.8 Å². The van der Waals surface area contributed by atoms with E-state index in [-0.39, 0.29) is 5.56 Å². The average molecular weight is 274 g/mol. The Labute approximate surface area is 116 Å². The number of hydrogen-bond donors (Lipinski definition) is 1. The third kappa shape index (κ3) is 4.34. The predicted molar refractivity (Wildman–Crippen MR) is 76.1 cm³/mol. The van der Waals surface area contributed by atoms with Crippen LogP contribution in [-0.2, 0) is 0 Å². The summed E-state index contributed by atoms with van der Waals surface area (Å²) < 4.78 is 5.55. The molecule has 19 heavy (non-hydrogen) atoms. The molecule has 2 aromatic rings. The second-order valence-electron chi connectivity index (χ2n) is 3.84. The molecule has 0 amide bonds.